The normalized spacial score (nSPS) is 9.44. The highest BCUT2D eigenvalue weighted by Crippen LogP contribution is 2.09. The van der Waals surface area contributed by atoms with Crippen LogP contribution in [0.4, 0.5) is 4.39 Å². The van der Waals surface area contributed by atoms with Crippen molar-refractivity contribution in [3.05, 3.63) is 35.1 Å². The Morgan fingerprint density at radius 2 is 2.31 bits per heavy atom. The molecule has 0 saturated carbocycles. The predicted octanol–water partition coefficient (Wildman–Crippen LogP) is 1.95. The van der Waals surface area contributed by atoms with Gasteiger partial charge in [-0.2, -0.15) is 0 Å². The minimum Gasteiger partial charge on any atom is -0.392 e. The van der Waals surface area contributed by atoms with Gasteiger partial charge in [-0.1, -0.05) is 23.6 Å². The van der Waals surface area contributed by atoms with E-state index in [2.05, 4.69) is 11.8 Å². The predicted molar refractivity (Wildman–Crippen MR) is 62.3 cm³/mol. The molecular weight excluding hydrogens is 227 g/mol. The molecule has 0 bridgehead atoms. The fourth-order valence-electron chi connectivity index (χ4n) is 1.05. The lowest BCUT2D eigenvalue weighted by Crippen LogP contribution is -1.90. The second-order valence-electron chi connectivity index (χ2n) is 3.05. The number of carbonyl (C=O) groups excluding carboxylic acids is 1. The van der Waals surface area contributed by atoms with Crippen molar-refractivity contribution in [2.45, 2.75) is 13.5 Å². The van der Waals surface area contributed by atoms with Crippen LogP contribution in [0.2, 0.25) is 0 Å². The molecule has 1 aromatic rings. The molecule has 0 saturated heterocycles. The number of halogens is 1. The van der Waals surface area contributed by atoms with Gasteiger partial charge in [-0.05, 0) is 18.2 Å². The number of benzene rings is 1. The third-order valence-electron chi connectivity index (χ3n) is 1.80. The van der Waals surface area contributed by atoms with Crippen LogP contribution in [0.15, 0.2) is 18.2 Å². The summed E-state index contributed by atoms with van der Waals surface area (Å²) < 4.78 is 13.0. The molecular formula is C12H11FO2S. The van der Waals surface area contributed by atoms with Crippen molar-refractivity contribution >= 4 is 16.9 Å². The van der Waals surface area contributed by atoms with E-state index in [1.165, 1.54) is 19.1 Å². The zero-order valence-corrected chi connectivity index (χ0v) is 9.60. The molecule has 0 radical (unpaired) electrons. The maximum absolute atomic E-state index is 13.0. The summed E-state index contributed by atoms with van der Waals surface area (Å²) in [6.45, 7) is 1.14. The van der Waals surface area contributed by atoms with Gasteiger partial charge in [-0.15, -0.1) is 0 Å². The fraction of sp³-hybridized carbons (Fsp3) is 0.250. The summed E-state index contributed by atoms with van der Waals surface area (Å²) >= 11 is 1.13. The molecule has 0 amide bonds. The monoisotopic (exact) mass is 238 g/mol. The van der Waals surface area contributed by atoms with Crippen molar-refractivity contribution in [1.29, 1.82) is 0 Å². The van der Waals surface area contributed by atoms with E-state index >= 15 is 0 Å². The van der Waals surface area contributed by atoms with Crippen LogP contribution in [0.5, 0.6) is 0 Å². The molecule has 2 nitrogen and oxygen atoms in total. The second-order valence-corrected chi connectivity index (χ2v) is 4.20. The minimum atomic E-state index is -0.439. The van der Waals surface area contributed by atoms with Crippen molar-refractivity contribution in [3.63, 3.8) is 0 Å². The molecule has 0 spiro atoms. The Morgan fingerprint density at radius 3 is 2.94 bits per heavy atom. The molecule has 0 aliphatic heterocycles. The van der Waals surface area contributed by atoms with Crippen LogP contribution < -0.4 is 0 Å². The van der Waals surface area contributed by atoms with Gasteiger partial charge < -0.3 is 5.11 Å². The van der Waals surface area contributed by atoms with E-state index in [9.17, 15) is 9.18 Å². The first kappa shape index (κ1) is 12.8. The lowest BCUT2D eigenvalue weighted by atomic mass is 10.1. The van der Waals surface area contributed by atoms with Crippen LogP contribution >= 0.6 is 11.8 Å². The molecule has 0 fully saturated rings. The van der Waals surface area contributed by atoms with Crippen molar-refractivity contribution in [2.75, 3.05) is 5.75 Å². The molecule has 0 aliphatic carbocycles. The number of aliphatic hydroxyl groups is 1. The van der Waals surface area contributed by atoms with Crippen LogP contribution in [-0.2, 0) is 11.4 Å². The molecule has 4 heteroatoms. The second kappa shape index (κ2) is 6.31. The van der Waals surface area contributed by atoms with Gasteiger partial charge in [0.15, 0.2) is 5.12 Å². The molecule has 84 valence electrons. The van der Waals surface area contributed by atoms with E-state index in [4.69, 9.17) is 5.11 Å². The average Bonchev–Trinajstić information content (AvgIpc) is 2.26. The third kappa shape index (κ3) is 4.05. The van der Waals surface area contributed by atoms with Crippen LogP contribution in [0.25, 0.3) is 0 Å². The molecule has 0 unspecified atom stereocenters. The maximum atomic E-state index is 13.0. The Kier molecular flexibility index (Phi) is 5.03. The summed E-state index contributed by atoms with van der Waals surface area (Å²) in [5, 5.41) is 8.87. The zero-order chi connectivity index (χ0) is 12.0. The summed E-state index contributed by atoms with van der Waals surface area (Å²) in [5.41, 5.74) is 0.862. The minimum absolute atomic E-state index is 0.0180. The number of aliphatic hydroxyl groups excluding tert-OH is 1. The Balaban J connectivity index is 2.70. The third-order valence-corrected chi connectivity index (χ3v) is 2.49. The van der Waals surface area contributed by atoms with Gasteiger partial charge in [0.1, 0.15) is 5.82 Å². The van der Waals surface area contributed by atoms with Gasteiger partial charge in [-0.3, -0.25) is 4.79 Å². The Morgan fingerprint density at radius 1 is 1.56 bits per heavy atom. The smallest absolute Gasteiger partial charge is 0.186 e. The average molecular weight is 238 g/mol. The molecule has 1 rings (SSSR count). The summed E-state index contributed by atoms with van der Waals surface area (Å²) in [4.78, 5) is 10.6. The molecule has 0 heterocycles. The summed E-state index contributed by atoms with van der Waals surface area (Å²) in [5.74, 6) is 5.57. The van der Waals surface area contributed by atoms with Crippen molar-refractivity contribution in [2.24, 2.45) is 0 Å². The van der Waals surface area contributed by atoms with Gasteiger partial charge >= 0.3 is 0 Å². The summed E-state index contributed by atoms with van der Waals surface area (Å²) in [6, 6.07) is 4.31. The Hall–Kier alpha value is -1.31. The molecule has 0 aliphatic rings. The number of hydrogen-bond acceptors (Lipinski definition) is 3. The molecule has 0 aromatic heterocycles. The van der Waals surface area contributed by atoms with E-state index in [0.29, 0.717) is 11.3 Å². The van der Waals surface area contributed by atoms with Crippen molar-refractivity contribution in [3.8, 4) is 11.8 Å². The standard InChI is InChI=1S/C12H11FO2S/c1-9(15)16-6-2-3-10-4-5-12(13)11(7-10)8-14/h4-5,7,14H,6,8H2,1H3. The van der Waals surface area contributed by atoms with Crippen molar-refractivity contribution < 1.29 is 14.3 Å². The van der Waals surface area contributed by atoms with E-state index in [-0.39, 0.29) is 17.3 Å². The van der Waals surface area contributed by atoms with E-state index < -0.39 is 5.82 Å². The molecule has 1 N–H and O–H groups in total. The van der Waals surface area contributed by atoms with Gasteiger partial charge in [0, 0.05) is 18.1 Å². The molecule has 0 atom stereocenters. The molecule has 1 aromatic carbocycles. The number of thioether (sulfide) groups is 1. The van der Waals surface area contributed by atoms with Gasteiger partial charge in [-0.25, -0.2) is 4.39 Å². The summed E-state index contributed by atoms with van der Waals surface area (Å²) in [7, 11) is 0. The lowest BCUT2D eigenvalue weighted by Gasteiger charge is -1.98. The van der Waals surface area contributed by atoms with E-state index in [0.717, 1.165) is 11.8 Å². The van der Waals surface area contributed by atoms with Crippen molar-refractivity contribution in [1.82, 2.24) is 0 Å². The fourth-order valence-corrected chi connectivity index (χ4v) is 1.40. The Bertz CT molecular complexity index is 446. The Labute approximate surface area is 97.9 Å². The number of rotatable bonds is 2. The lowest BCUT2D eigenvalue weighted by molar-refractivity contribution is -0.109. The van der Waals surface area contributed by atoms with Gasteiger partial charge in [0.2, 0.25) is 0 Å². The van der Waals surface area contributed by atoms with Gasteiger partial charge in [0.25, 0.3) is 0 Å². The first-order valence-electron chi connectivity index (χ1n) is 4.65. The maximum Gasteiger partial charge on any atom is 0.186 e. The zero-order valence-electron chi connectivity index (χ0n) is 8.79. The first-order valence-corrected chi connectivity index (χ1v) is 5.63. The topological polar surface area (TPSA) is 37.3 Å². The van der Waals surface area contributed by atoms with Crippen LogP contribution in [0.1, 0.15) is 18.1 Å². The van der Waals surface area contributed by atoms with E-state index in [1.807, 2.05) is 0 Å². The highest BCUT2D eigenvalue weighted by molar-refractivity contribution is 8.13. The highest BCUT2D eigenvalue weighted by atomic mass is 32.2. The van der Waals surface area contributed by atoms with Gasteiger partial charge in [0.05, 0.1) is 12.4 Å². The summed E-state index contributed by atoms with van der Waals surface area (Å²) in [6.07, 6.45) is 0. The highest BCUT2D eigenvalue weighted by Gasteiger charge is 2.00. The van der Waals surface area contributed by atoms with Crippen LogP contribution in [0, 0.1) is 17.7 Å². The van der Waals surface area contributed by atoms with Crippen LogP contribution in [-0.4, -0.2) is 16.0 Å². The largest absolute Gasteiger partial charge is 0.392 e. The van der Waals surface area contributed by atoms with E-state index in [1.54, 1.807) is 6.07 Å². The first-order chi connectivity index (χ1) is 7.63. The number of carbonyl (C=O) groups is 1. The molecule has 16 heavy (non-hydrogen) atoms. The SMILES string of the molecule is CC(=O)SCC#Cc1ccc(F)c(CO)c1. The number of hydrogen-bond donors (Lipinski definition) is 1. The van der Waals surface area contributed by atoms with Crippen LogP contribution in [0.3, 0.4) is 0 Å². The quantitative estimate of drug-likeness (QED) is 0.800.